The molecule has 1 aliphatic heterocycles. The lowest BCUT2D eigenvalue weighted by Gasteiger charge is -2.58. The molecule has 1 N–H and O–H groups in total. The molecule has 4 rings (SSSR count). The van der Waals surface area contributed by atoms with E-state index in [1.165, 1.54) is 0 Å². The number of Topliss-reactive ketones (excluding diaryl/α,β-unsaturated/α-hetero) is 1. The minimum Gasteiger partial charge on any atom is -0.480 e. The van der Waals surface area contributed by atoms with Gasteiger partial charge >= 0.3 is 5.97 Å². The van der Waals surface area contributed by atoms with Gasteiger partial charge < -0.3 is 23.8 Å². The highest BCUT2D eigenvalue weighted by Crippen LogP contribution is 2.69. The van der Waals surface area contributed by atoms with Crippen molar-refractivity contribution in [3.8, 4) is 0 Å². The molecule has 3 aliphatic carbocycles. The Hall–Kier alpha value is -1.09. The molecule has 4 unspecified atom stereocenters. The first-order valence-electron chi connectivity index (χ1n) is 13.3. The van der Waals surface area contributed by atoms with Crippen LogP contribution in [0.2, 0.25) is 18.1 Å². The van der Waals surface area contributed by atoms with Crippen molar-refractivity contribution in [1.82, 2.24) is 0 Å². The molecule has 4 fully saturated rings. The Bertz CT molecular complexity index is 888. The summed E-state index contributed by atoms with van der Waals surface area (Å²) >= 11 is 0. The number of hydrogen-bond donors (Lipinski definition) is 1. The van der Waals surface area contributed by atoms with Gasteiger partial charge in [0.25, 0.3) is 0 Å². The molecule has 1 saturated heterocycles. The van der Waals surface area contributed by atoms with Crippen LogP contribution in [0.15, 0.2) is 0 Å². The molecule has 0 bridgehead atoms. The highest BCUT2D eigenvalue weighted by atomic mass is 28.4. The number of carboxylic acid groups (broad SMARTS) is 1. The van der Waals surface area contributed by atoms with Crippen LogP contribution in [0.4, 0.5) is 0 Å². The second-order valence-corrected chi connectivity index (χ2v) is 18.2. The lowest BCUT2D eigenvalue weighted by Crippen LogP contribution is -2.63. The van der Waals surface area contributed by atoms with Crippen molar-refractivity contribution < 1.29 is 33.4 Å². The van der Waals surface area contributed by atoms with Crippen molar-refractivity contribution in [2.75, 3.05) is 13.2 Å². The third-order valence-corrected chi connectivity index (χ3v) is 15.4. The smallest absolute Gasteiger partial charge is 0.317 e. The average Bonchev–Trinajstić information content (AvgIpc) is 3.35. The molecule has 0 radical (unpaired) electrons. The number of ether oxygens (including phenoxy) is 2. The van der Waals surface area contributed by atoms with Crippen molar-refractivity contribution >= 4 is 26.4 Å². The second-order valence-electron chi connectivity index (χ2n) is 13.5. The lowest BCUT2D eigenvalue weighted by molar-refractivity contribution is -0.250. The number of aldehydes is 1. The number of ketones is 1. The minimum absolute atomic E-state index is 0.0367. The molecule has 7 nitrogen and oxygen atoms in total. The number of hydrogen-bond acceptors (Lipinski definition) is 6. The van der Waals surface area contributed by atoms with Crippen molar-refractivity contribution in [2.24, 2.45) is 28.1 Å². The van der Waals surface area contributed by atoms with Crippen LogP contribution in [-0.2, 0) is 28.3 Å². The van der Waals surface area contributed by atoms with E-state index in [2.05, 4.69) is 33.9 Å². The van der Waals surface area contributed by atoms with E-state index in [4.69, 9.17) is 13.9 Å². The van der Waals surface area contributed by atoms with Gasteiger partial charge in [-0.3, -0.25) is 9.59 Å². The van der Waals surface area contributed by atoms with E-state index in [1.807, 2.05) is 13.8 Å². The Morgan fingerprint density at radius 1 is 1.06 bits per heavy atom. The number of carboxylic acids is 1. The van der Waals surface area contributed by atoms with Crippen LogP contribution in [0, 0.1) is 28.1 Å². The summed E-state index contributed by atoms with van der Waals surface area (Å²) in [6.07, 6.45) is 4.34. The zero-order valence-corrected chi connectivity index (χ0v) is 23.6. The molecule has 198 valence electrons. The quantitative estimate of drug-likeness (QED) is 0.318. The van der Waals surface area contributed by atoms with Gasteiger partial charge in [0.15, 0.2) is 14.1 Å². The Kier molecular flexibility index (Phi) is 6.52. The molecule has 0 aromatic carbocycles. The molecule has 35 heavy (non-hydrogen) atoms. The summed E-state index contributed by atoms with van der Waals surface area (Å²) in [4.78, 5) is 39.7. The molecule has 1 spiro atoms. The van der Waals surface area contributed by atoms with Gasteiger partial charge in [0.1, 0.15) is 17.5 Å². The average molecular weight is 509 g/mol. The zero-order valence-electron chi connectivity index (χ0n) is 22.6. The van der Waals surface area contributed by atoms with Gasteiger partial charge in [-0.15, -0.1) is 0 Å². The summed E-state index contributed by atoms with van der Waals surface area (Å²) < 4.78 is 18.8. The fourth-order valence-electron chi connectivity index (χ4n) is 7.75. The highest BCUT2D eigenvalue weighted by Gasteiger charge is 2.74. The van der Waals surface area contributed by atoms with Gasteiger partial charge in [0.2, 0.25) is 0 Å². The summed E-state index contributed by atoms with van der Waals surface area (Å²) in [5.41, 5.74) is -3.09. The molecule has 0 aromatic heterocycles. The van der Waals surface area contributed by atoms with E-state index in [1.54, 1.807) is 0 Å². The number of aliphatic carboxylic acids is 1. The van der Waals surface area contributed by atoms with Crippen LogP contribution >= 0.6 is 0 Å². The minimum atomic E-state index is -2.04. The molecule has 1 heterocycles. The Morgan fingerprint density at radius 3 is 2.17 bits per heavy atom. The second kappa shape index (κ2) is 8.47. The number of carbonyl (C=O) groups is 3. The summed E-state index contributed by atoms with van der Waals surface area (Å²) in [5.74, 6) is -2.90. The summed E-state index contributed by atoms with van der Waals surface area (Å²) in [6.45, 7) is 15.8. The predicted octanol–water partition coefficient (Wildman–Crippen LogP) is 4.98. The van der Waals surface area contributed by atoms with E-state index in [0.29, 0.717) is 58.0 Å². The van der Waals surface area contributed by atoms with E-state index in [9.17, 15) is 19.5 Å². The Morgan fingerprint density at radius 2 is 1.66 bits per heavy atom. The highest BCUT2D eigenvalue weighted by molar-refractivity contribution is 6.74. The first kappa shape index (κ1) is 27.0. The molecular formula is C27H44O7Si. The fourth-order valence-corrected chi connectivity index (χ4v) is 9.14. The van der Waals surface area contributed by atoms with Crippen molar-refractivity contribution in [2.45, 2.75) is 110 Å². The van der Waals surface area contributed by atoms with Crippen LogP contribution < -0.4 is 0 Å². The number of fused-ring (bicyclic) bond motifs is 2. The summed E-state index contributed by atoms with van der Waals surface area (Å²) in [7, 11) is -2.04. The fraction of sp³-hybridized carbons (Fsp3) is 0.889. The van der Waals surface area contributed by atoms with Crippen molar-refractivity contribution in [1.29, 1.82) is 0 Å². The van der Waals surface area contributed by atoms with E-state index >= 15 is 0 Å². The van der Waals surface area contributed by atoms with Crippen LogP contribution in [0.3, 0.4) is 0 Å². The summed E-state index contributed by atoms with van der Waals surface area (Å²) in [5, 5.41) is 10.7. The maximum atomic E-state index is 13.8. The molecular weight excluding hydrogens is 464 g/mol. The van der Waals surface area contributed by atoms with Crippen LogP contribution in [-0.4, -0.2) is 56.6 Å². The van der Waals surface area contributed by atoms with Gasteiger partial charge in [-0.25, -0.2) is 0 Å². The molecule has 6 atom stereocenters. The monoisotopic (exact) mass is 508 g/mol. The van der Waals surface area contributed by atoms with E-state index in [0.717, 1.165) is 0 Å². The first-order valence-corrected chi connectivity index (χ1v) is 16.2. The van der Waals surface area contributed by atoms with Gasteiger partial charge in [-0.05, 0) is 62.1 Å². The Balaban J connectivity index is 1.64. The first-order chi connectivity index (χ1) is 16.1. The molecule has 8 heteroatoms. The van der Waals surface area contributed by atoms with Gasteiger partial charge in [-0.1, -0.05) is 34.6 Å². The largest absolute Gasteiger partial charge is 0.480 e. The number of carbonyl (C=O) groups excluding carboxylic acids is 2. The van der Waals surface area contributed by atoms with E-state index in [-0.39, 0.29) is 23.3 Å². The maximum Gasteiger partial charge on any atom is 0.317 e. The van der Waals surface area contributed by atoms with Crippen LogP contribution in [0.1, 0.15) is 79.6 Å². The molecule has 4 aliphatic rings. The SMILES string of the molecule is CC(C)(C)[Si](C)(C)OC1CC[C@](C)(C2CC[C@@]3(C)C(CCC34OCCO4)C2(C=O)C(=O)O)C(=O)C1. The molecule has 0 amide bonds. The van der Waals surface area contributed by atoms with Gasteiger partial charge in [0, 0.05) is 23.7 Å². The number of rotatable bonds is 5. The van der Waals surface area contributed by atoms with Crippen LogP contribution in [0.5, 0.6) is 0 Å². The van der Waals surface area contributed by atoms with Crippen molar-refractivity contribution in [3.05, 3.63) is 0 Å². The zero-order chi connectivity index (χ0) is 26.1. The molecule has 0 aromatic rings. The van der Waals surface area contributed by atoms with E-state index < -0.39 is 48.2 Å². The van der Waals surface area contributed by atoms with Gasteiger partial charge in [0.05, 0.1) is 19.3 Å². The predicted molar refractivity (Wildman–Crippen MR) is 133 cm³/mol. The standard InChI is InChI=1S/C27H44O7Si/c1-23(2,3)35(6,7)34-18-8-11-24(4,21(29)16-18)19-9-12-25(5)20(26(19,17-28)22(30)31)10-13-27(25)32-14-15-33-27/h17-20H,8-16H2,1-7H3,(H,30,31)/t18?,19?,20?,24-,25+,26?/m1/s1. The Labute approximate surface area is 210 Å². The normalized spacial score (nSPS) is 41.7. The lowest BCUT2D eigenvalue weighted by atomic mass is 9.45. The third kappa shape index (κ3) is 3.72. The van der Waals surface area contributed by atoms with Crippen LogP contribution in [0.25, 0.3) is 0 Å². The molecule has 3 saturated carbocycles. The van der Waals surface area contributed by atoms with Crippen molar-refractivity contribution in [3.63, 3.8) is 0 Å². The maximum absolute atomic E-state index is 13.8. The third-order valence-electron chi connectivity index (χ3n) is 10.9. The summed E-state index contributed by atoms with van der Waals surface area (Å²) in [6, 6.07) is 0. The topological polar surface area (TPSA) is 99.1 Å². The van der Waals surface area contributed by atoms with Gasteiger partial charge in [-0.2, -0.15) is 0 Å².